The van der Waals surface area contributed by atoms with Crippen molar-refractivity contribution in [3.05, 3.63) is 11.8 Å². The summed E-state index contributed by atoms with van der Waals surface area (Å²) in [6.07, 6.45) is 1.84. The summed E-state index contributed by atoms with van der Waals surface area (Å²) in [5.74, 6) is -0.847. The molecule has 132 valence electrons. The molecule has 1 amide bonds. The highest BCUT2D eigenvalue weighted by Crippen LogP contribution is 2.29. The summed E-state index contributed by atoms with van der Waals surface area (Å²) in [5.41, 5.74) is -0.425. The van der Waals surface area contributed by atoms with Crippen LogP contribution in [0, 0.1) is 5.41 Å². The van der Waals surface area contributed by atoms with Gasteiger partial charge in [-0.1, -0.05) is 20.8 Å². The summed E-state index contributed by atoms with van der Waals surface area (Å²) in [7, 11) is -3.45. The third kappa shape index (κ3) is 5.02. The van der Waals surface area contributed by atoms with E-state index in [9.17, 15) is 13.2 Å². The molecule has 0 spiro atoms. The molecule has 1 heterocycles. The number of aromatic nitrogens is 2. The van der Waals surface area contributed by atoms with Crippen molar-refractivity contribution in [2.75, 3.05) is 6.26 Å². The van der Waals surface area contributed by atoms with Gasteiger partial charge in [0.25, 0.3) is 0 Å². The molecule has 1 N–H and O–H groups in total. The van der Waals surface area contributed by atoms with Crippen molar-refractivity contribution >= 4 is 15.7 Å². The molecule has 1 aromatic heterocycles. The van der Waals surface area contributed by atoms with Gasteiger partial charge in [0, 0.05) is 11.8 Å². The number of nitrogens with one attached hydrogen (secondary N) is 1. The van der Waals surface area contributed by atoms with E-state index in [2.05, 4.69) is 36.3 Å². The van der Waals surface area contributed by atoms with E-state index in [0.29, 0.717) is 0 Å². The van der Waals surface area contributed by atoms with Gasteiger partial charge in [-0.05, 0) is 39.5 Å². The van der Waals surface area contributed by atoms with Gasteiger partial charge >= 0.3 is 11.8 Å². The lowest BCUT2D eigenvalue weighted by Gasteiger charge is -2.32. The van der Waals surface area contributed by atoms with Crippen molar-refractivity contribution in [2.45, 2.75) is 65.2 Å². The summed E-state index contributed by atoms with van der Waals surface area (Å²) >= 11 is 0. The Balaban J connectivity index is 2.97. The normalized spacial score (nSPS) is 13.9. The lowest BCUT2D eigenvalue weighted by molar-refractivity contribution is 0.0853. The Morgan fingerprint density at radius 2 is 1.61 bits per heavy atom. The molecule has 0 aliphatic rings. The predicted octanol–water partition coefficient (Wildman–Crippen LogP) is 2.29. The summed E-state index contributed by atoms with van der Waals surface area (Å²) in [6.45, 7) is 13.0. The van der Waals surface area contributed by atoms with E-state index in [4.69, 9.17) is 4.42 Å². The van der Waals surface area contributed by atoms with Gasteiger partial charge in [0.05, 0.1) is 0 Å². The highest BCUT2D eigenvalue weighted by molar-refractivity contribution is 7.91. The minimum absolute atomic E-state index is 0.0368. The fraction of sp³-hybridized carbons (Fsp3) is 0.800. The largest absolute Gasteiger partial charge is 0.415 e. The Morgan fingerprint density at radius 1 is 1.09 bits per heavy atom. The van der Waals surface area contributed by atoms with Crippen LogP contribution in [-0.2, 0) is 14.6 Å². The highest BCUT2D eigenvalue weighted by atomic mass is 32.2. The minimum atomic E-state index is -3.45. The van der Waals surface area contributed by atoms with Crippen molar-refractivity contribution < 1.29 is 17.6 Å². The topological polar surface area (TPSA) is 102 Å². The van der Waals surface area contributed by atoms with Crippen LogP contribution in [0.4, 0.5) is 0 Å². The number of carbonyl (C=O) groups excluding carboxylic acids is 1. The number of hydrogen-bond acceptors (Lipinski definition) is 6. The van der Waals surface area contributed by atoms with Gasteiger partial charge in [-0.2, -0.15) is 0 Å². The Hall–Kier alpha value is -1.44. The van der Waals surface area contributed by atoms with E-state index in [1.807, 2.05) is 13.8 Å². The number of hydrogen-bond donors (Lipinski definition) is 1. The Morgan fingerprint density at radius 3 is 2.04 bits per heavy atom. The van der Waals surface area contributed by atoms with E-state index < -0.39 is 26.0 Å². The highest BCUT2D eigenvalue weighted by Gasteiger charge is 2.39. The zero-order chi connectivity index (χ0) is 18.3. The standard InChI is InChI=1S/C15H27N3O4S/c1-13(2,3)9-14(4,5)16-10(19)11-17-18-12(22-11)15(6,7)23(8,20)21/h9H2,1-8H3,(H,16,19). The Labute approximate surface area is 138 Å². The summed E-state index contributed by atoms with van der Waals surface area (Å²) in [4.78, 5) is 12.3. The molecule has 0 saturated heterocycles. The molecule has 0 unspecified atom stereocenters. The lowest BCUT2D eigenvalue weighted by Crippen LogP contribution is -2.45. The molecule has 7 nitrogen and oxygen atoms in total. The van der Waals surface area contributed by atoms with Gasteiger partial charge in [0.2, 0.25) is 5.89 Å². The number of rotatable bonds is 5. The zero-order valence-corrected chi connectivity index (χ0v) is 16.0. The molecule has 0 aliphatic carbocycles. The lowest BCUT2D eigenvalue weighted by atomic mass is 9.82. The van der Waals surface area contributed by atoms with Crippen LogP contribution in [0.25, 0.3) is 0 Å². The van der Waals surface area contributed by atoms with E-state index in [0.717, 1.165) is 12.7 Å². The van der Waals surface area contributed by atoms with Crippen molar-refractivity contribution in [1.82, 2.24) is 15.5 Å². The third-order valence-corrected chi connectivity index (χ3v) is 5.51. The molecule has 0 fully saturated rings. The summed E-state index contributed by atoms with van der Waals surface area (Å²) in [5, 5.41) is 10.3. The second kappa shape index (κ2) is 5.89. The van der Waals surface area contributed by atoms with Gasteiger partial charge in [-0.15, -0.1) is 10.2 Å². The number of amides is 1. The minimum Gasteiger partial charge on any atom is -0.415 e. The number of sulfone groups is 1. The van der Waals surface area contributed by atoms with E-state index in [1.54, 1.807) is 0 Å². The maximum Gasteiger partial charge on any atom is 0.309 e. The average Bonchev–Trinajstić information content (AvgIpc) is 2.71. The molecule has 0 radical (unpaired) electrons. The number of nitrogens with zero attached hydrogens (tertiary/aromatic N) is 2. The van der Waals surface area contributed by atoms with Crippen LogP contribution in [0.15, 0.2) is 4.42 Å². The zero-order valence-electron chi connectivity index (χ0n) is 15.1. The molecule has 0 atom stereocenters. The van der Waals surface area contributed by atoms with E-state index in [-0.39, 0.29) is 17.2 Å². The van der Waals surface area contributed by atoms with Gasteiger partial charge < -0.3 is 9.73 Å². The first-order valence-corrected chi connectivity index (χ1v) is 9.30. The summed E-state index contributed by atoms with van der Waals surface area (Å²) in [6, 6.07) is 0. The van der Waals surface area contributed by atoms with E-state index >= 15 is 0 Å². The second-order valence-electron chi connectivity index (χ2n) is 8.27. The summed E-state index contributed by atoms with van der Waals surface area (Å²) < 4.78 is 27.5. The first kappa shape index (κ1) is 19.6. The fourth-order valence-electron chi connectivity index (χ4n) is 2.45. The van der Waals surface area contributed by atoms with Crippen LogP contribution in [0.1, 0.15) is 71.5 Å². The number of carbonyl (C=O) groups is 1. The molecular formula is C15H27N3O4S. The van der Waals surface area contributed by atoms with Crippen LogP contribution >= 0.6 is 0 Å². The molecular weight excluding hydrogens is 318 g/mol. The van der Waals surface area contributed by atoms with Gasteiger partial charge in [-0.25, -0.2) is 8.42 Å². The third-order valence-electron chi connectivity index (χ3n) is 3.49. The molecule has 1 aromatic rings. The van der Waals surface area contributed by atoms with Crippen LogP contribution < -0.4 is 5.32 Å². The monoisotopic (exact) mass is 345 g/mol. The fourth-order valence-corrected chi connectivity index (χ4v) is 2.85. The van der Waals surface area contributed by atoms with Crippen molar-refractivity contribution in [1.29, 1.82) is 0 Å². The maximum absolute atomic E-state index is 12.3. The maximum atomic E-state index is 12.3. The van der Waals surface area contributed by atoms with Crippen LogP contribution in [0.3, 0.4) is 0 Å². The molecule has 23 heavy (non-hydrogen) atoms. The molecule has 0 saturated carbocycles. The van der Waals surface area contributed by atoms with Crippen LogP contribution in [-0.4, -0.2) is 36.3 Å². The predicted molar refractivity (Wildman–Crippen MR) is 87.8 cm³/mol. The molecule has 0 aromatic carbocycles. The Bertz CT molecular complexity index is 682. The molecule has 8 heteroatoms. The first-order chi connectivity index (χ1) is 10.1. The van der Waals surface area contributed by atoms with E-state index in [1.165, 1.54) is 13.8 Å². The van der Waals surface area contributed by atoms with Crippen molar-refractivity contribution in [3.63, 3.8) is 0 Å². The Kier molecular flexibility index (Phi) is 5.02. The smallest absolute Gasteiger partial charge is 0.309 e. The van der Waals surface area contributed by atoms with Crippen LogP contribution in [0.5, 0.6) is 0 Å². The van der Waals surface area contributed by atoms with Gasteiger partial charge in [-0.3, -0.25) is 4.79 Å². The quantitative estimate of drug-likeness (QED) is 0.878. The molecule has 0 aliphatic heterocycles. The van der Waals surface area contributed by atoms with Crippen molar-refractivity contribution in [2.24, 2.45) is 5.41 Å². The van der Waals surface area contributed by atoms with Gasteiger partial charge in [0.15, 0.2) is 9.84 Å². The van der Waals surface area contributed by atoms with Gasteiger partial charge in [0.1, 0.15) is 4.75 Å². The molecule has 1 rings (SSSR count). The first-order valence-electron chi connectivity index (χ1n) is 7.41. The molecule has 0 bridgehead atoms. The second-order valence-corrected chi connectivity index (χ2v) is 10.8. The SMILES string of the molecule is CC(C)(C)CC(C)(C)NC(=O)c1nnc(C(C)(C)S(C)(=O)=O)o1. The van der Waals surface area contributed by atoms with Crippen molar-refractivity contribution in [3.8, 4) is 0 Å². The average molecular weight is 345 g/mol. The van der Waals surface area contributed by atoms with Crippen LogP contribution in [0.2, 0.25) is 0 Å².